The van der Waals surface area contributed by atoms with Crippen molar-refractivity contribution in [1.29, 1.82) is 0 Å². The molecule has 0 spiro atoms. The molecule has 1 N–H and O–H groups in total. The first-order valence-corrected chi connectivity index (χ1v) is 8.89. The van der Waals surface area contributed by atoms with Crippen LogP contribution in [0.25, 0.3) is 0 Å². The molecule has 138 valence electrons. The van der Waals surface area contributed by atoms with Crippen molar-refractivity contribution >= 4 is 23.6 Å². The van der Waals surface area contributed by atoms with Gasteiger partial charge in [-0.25, -0.2) is 4.98 Å². The Bertz CT molecular complexity index is 823. The fourth-order valence-electron chi connectivity index (χ4n) is 2.31. The van der Waals surface area contributed by atoms with Crippen LogP contribution in [0.5, 0.6) is 0 Å². The van der Waals surface area contributed by atoms with E-state index in [0.717, 1.165) is 17.3 Å². The summed E-state index contributed by atoms with van der Waals surface area (Å²) in [6.07, 6.45) is -0.0930. The van der Waals surface area contributed by atoms with Crippen LogP contribution in [0.3, 0.4) is 0 Å². The molecule has 1 aromatic carbocycles. The summed E-state index contributed by atoms with van der Waals surface area (Å²) < 4.78 is 4.58. The van der Waals surface area contributed by atoms with Gasteiger partial charge in [-0.2, -0.15) is 0 Å². The molecule has 2 aromatic rings. The Morgan fingerprint density at radius 3 is 2.65 bits per heavy atom. The molecule has 1 aromatic heterocycles. The SMILES string of the molecule is COC(=O)Cc1cc(=O)[nH]c(S[C@@H](C)C(=O)N(C)Cc2ccccc2)n1. The van der Waals surface area contributed by atoms with Crippen molar-refractivity contribution in [3.05, 3.63) is 58.0 Å². The highest BCUT2D eigenvalue weighted by Gasteiger charge is 2.20. The van der Waals surface area contributed by atoms with Crippen LogP contribution < -0.4 is 5.56 Å². The van der Waals surface area contributed by atoms with Gasteiger partial charge < -0.3 is 14.6 Å². The summed E-state index contributed by atoms with van der Waals surface area (Å²) in [4.78, 5) is 44.1. The lowest BCUT2D eigenvalue weighted by Crippen LogP contribution is -2.33. The number of rotatable bonds is 7. The van der Waals surface area contributed by atoms with E-state index < -0.39 is 11.2 Å². The molecular weight excluding hydrogens is 354 g/mol. The van der Waals surface area contributed by atoms with Crippen LogP contribution in [0.4, 0.5) is 0 Å². The van der Waals surface area contributed by atoms with Gasteiger partial charge >= 0.3 is 5.97 Å². The Balaban J connectivity index is 2.03. The first-order valence-electron chi connectivity index (χ1n) is 8.01. The number of carbonyl (C=O) groups excluding carboxylic acids is 2. The van der Waals surface area contributed by atoms with Crippen molar-refractivity contribution in [2.45, 2.75) is 30.3 Å². The summed E-state index contributed by atoms with van der Waals surface area (Å²) in [5, 5.41) is -0.148. The molecule has 0 saturated heterocycles. The highest BCUT2D eigenvalue weighted by Crippen LogP contribution is 2.20. The molecule has 1 amide bonds. The molecule has 0 saturated carbocycles. The van der Waals surface area contributed by atoms with Gasteiger partial charge in [-0.1, -0.05) is 42.1 Å². The van der Waals surface area contributed by atoms with Gasteiger partial charge in [0.05, 0.1) is 24.5 Å². The second kappa shape index (κ2) is 9.19. The number of H-pyrrole nitrogens is 1. The van der Waals surface area contributed by atoms with E-state index in [1.54, 1.807) is 18.9 Å². The third kappa shape index (κ3) is 5.73. The van der Waals surface area contributed by atoms with E-state index in [1.807, 2.05) is 30.3 Å². The summed E-state index contributed by atoms with van der Waals surface area (Å²) >= 11 is 1.14. The van der Waals surface area contributed by atoms with E-state index in [4.69, 9.17) is 0 Å². The molecule has 0 aliphatic carbocycles. The van der Waals surface area contributed by atoms with Crippen molar-refractivity contribution in [3.63, 3.8) is 0 Å². The van der Waals surface area contributed by atoms with Gasteiger partial charge in [0, 0.05) is 19.7 Å². The Morgan fingerprint density at radius 1 is 1.31 bits per heavy atom. The summed E-state index contributed by atoms with van der Waals surface area (Å²) in [6, 6.07) is 10.9. The third-order valence-electron chi connectivity index (χ3n) is 3.60. The van der Waals surface area contributed by atoms with Gasteiger partial charge in [0.2, 0.25) is 5.91 Å². The number of hydrogen-bond acceptors (Lipinski definition) is 6. The van der Waals surface area contributed by atoms with E-state index in [2.05, 4.69) is 14.7 Å². The van der Waals surface area contributed by atoms with E-state index in [0.29, 0.717) is 17.4 Å². The monoisotopic (exact) mass is 375 g/mol. The Morgan fingerprint density at radius 2 is 2.00 bits per heavy atom. The van der Waals surface area contributed by atoms with E-state index >= 15 is 0 Å². The van der Waals surface area contributed by atoms with Gasteiger partial charge in [-0.05, 0) is 12.5 Å². The number of benzene rings is 1. The quantitative estimate of drug-likeness (QED) is 0.449. The predicted octanol–water partition coefficient (Wildman–Crippen LogP) is 1.62. The lowest BCUT2D eigenvalue weighted by Gasteiger charge is -2.21. The topological polar surface area (TPSA) is 92.4 Å². The smallest absolute Gasteiger partial charge is 0.311 e. The maximum absolute atomic E-state index is 12.6. The molecule has 0 aliphatic heterocycles. The molecule has 26 heavy (non-hydrogen) atoms. The molecular formula is C18H21N3O4S. The van der Waals surface area contributed by atoms with Crippen LogP contribution in [0.1, 0.15) is 18.2 Å². The van der Waals surface area contributed by atoms with Crippen LogP contribution in [-0.2, 0) is 27.3 Å². The van der Waals surface area contributed by atoms with Crippen LogP contribution in [0.2, 0.25) is 0 Å². The fraction of sp³-hybridized carbons (Fsp3) is 0.333. The number of ether oxygens (including phenoxy) is 1. The van der Waals surface area contributed by atoms with Gasteiger partial charge in [0.15, 0.2) is 5.16 Å². The number of nitrogens with zero attached hydrogens (tertiary/aromatic N) is 2. The van der Waals surface area contributed by atoms with Gasteiger partial charge in [-0.3, -0.25) is 14.4 Å². The van der Waals surface area contributed by atoms with Crippen LogP contribution >= 0.6 is 11.8 Å². The molecule has 1 atom stereocenters. The number of amides is 1. The first kappa shape index (κ1) is 19.7. The number of nitrogens with one attached hydrogen (secondary N) is 1. The highest BCUT2D eigenvalue weighted by molar-refractivity contribution is 8.00. The standard InChI is InChI=1S/C18H21N3O4S/c1-12(17(24)21(2)11-13-7-5-4-6-8-13)26-18-19-14(9-15(22)20-18)10-16(23)25-3/h4-9,12H,10-11H2,1-3H3,(H,19,20,22)/t12-/m0/s1. The van der Waals surface area contributed by atoms with Crippen molar-refractivity contribution in [1.82, 2.24) is 14.9 Å². The van der Waals surface area contributed by atoms with E-state index in [-0.39, 0.29) is 17.9 Å². The molecule has 1 heterocycles. The van der Waals surface area contributed by atoms with Crippen LogP contribution in [-0.4, -0.2) is 46.2 Å². The Kier molecular flexibility index (Phi) is 6.97. The molecule has 0 bridgehead atoms. The zero-order valence-electron chi connectivity index (χ0n) is 14.9. The highest BCUT2D eigenvalue weighted by atomic mass is 32.2. The maximum Gasteiger partial charge on any atom is 0.311 e. The number of methoxy groups -OCH3 is 1. The first-order chi connectivity index (χ1) is 12.4. The largest absolute Gasteiger partial charge is 0.469 e. The zero-order chi connectivity index (χ0) is 19.1. The number of carbonyl (C=O) groups is 2. The number of aromatic amines is 1. The maximum atomic E-state index is 12.6. The molecule has 0 unspecified atom stereocenters. The van der Waals surface area contributed by atoms with Gasteiger partial charge in [0.25, 0.3) is 5.56 Å². The molecule has 2 rings (SSSR count). The summed E-state index contributed by atoms with van der Waals surface area (Å²) in [5.74, 6) is -0.564. The minimum Gasteiger partial charge on any atom is -0.469 e. The van der Waals surface area contributed by atoms with Crippen molar-refractivity contribution < 1.29 is 14.3 Å². The molecule has 0 radical (unpaired) electrons. The van der Waals surface area contributed by atoms with Crippen molar-refractivity contribution in [3.8, 4) is 0 Å². The number of thioether (sulfide) groups is 1. The molecule has 7 nitrogen and oxygen atoms in total. The fourth-order valence-corrected chi connectivity index (χ4v) is 3.26. The Labute approximate surface area is 155 Å². The minimum atomic E-state index is -0.481. The second-order valence-corrected chi connectivity index (χ2v) is 7.06. The minimum absolute atomic E-state index is 0.0835. The number of esters is 1. The average Bonchev–Trinajstić information content (AvgIpc) is 2.61. The van der Waals surface area contributed by atoms with Crippen molar-refractivity contribution in [2.24, 2.45) is 0 Å². The zero-order valence-corrected chi connectivity index (χ0v) is 15.7. The number of hydrogen-bond donors (Lipinski definition) is 1. The normalized spacial score (nSPS) is 11.7. The summed E-state index contributed by atoms with van der Waals surface area (Å²) in [5.41, 5.74) is 0.964. The predicted molar refractivity (Wildman–Crippen MR) is 98.8 cm³/mol. The van der Waals surface area contributed by atoms with Gasteiger partial charge in [-0.15, -0.1) is 0 Å². The average molecular weight is 375 g/mol. The Hall–Kier alpha value is -2.61. The lowest BCUT2D eigenvalue weighted by atomic mass is 10.2. The van der Waals surface area contributed by atoms with Crippen molar-refractivity contribution in [2.75, 3.05) is 14.2 Å². The van der Waals surface area contributed by atoms with Crippen LogP contribution in [0.15, 0.2) is 46.3 Å². The van der Waals surface area contributed by atoms with Gasteiger partial charge in [0.1, 0.15) is 0 Å². The molecule has 0 aliphatic rings. The van der Waals surface area contributed by atoms with Crippen LogP contribution in [0, 0.1) is 0 Å². The molecule has 0 fully saturated rings. The third-order valence-corrected chi connectivity index (χ3v) is 4.57. The van der Waals surface area contributed by atoms with E-state index in [9.17, 15) is 14.4 Å². The molecule has 8 heteroatoms. The summed E-state index contributed by atoms with van der Waals surface area (Å²) in [6.45, 7) is 2.25. The number of aromatic nitrogens is 2. The summed E-state index contributed by atoms with van der Waals surface area (Å²) in [7, 11) is 3.00. The van der Waals surface area contributed by atoms with E-state index in [1.165, 1.54) is 13.2 Å². The lowest BCUT2D eigenvalue weighted by molar-refractivity contribution is -0.139. The second-order valence-electron chi connectivity index (χ2n) is 5.73.